The quantitative estimate of drug-likeness (QED) is 0.698. The van der Waals surface area contributed by atoms with Gasteiger partial charge >= 0.3 is 0 Å². The fourth-order valence-electron chi connectivity index (χ4n) is 4.87. The fourth-order valence-corrected chi connectivity index (χ4v) is 6.34. The number of rotatable bonds is 6. The Hall–Kier alpha value is -2.42. The van der Waals surface area contributed by atoms with Crippen molar-refractivity contribution in [3.8, 4) is 5.75 Å². The number of hydrogen-bond acceptors (Lipinski definition) is 5. The average molecular weight is 472 g/mol. The molecule has 1 saturated heterocycles. The second kappa shape index (κ2) is 9.83. The summed E-state index contributed by atoms with van der Waals surface area (Å²) in [5.74, 6) is 0.674. The second-order valence-electron chi connectivity index (χ2n) is 9.06. The van der Waals surface area contributed by atoms with Gasteiger partial charge in [0, 0.05) is 31.9 Å². The number of sulfonamides is 1. The van der Waals surface area contributed by atoms with Gasteiger partial charge in [-0.3, -0.25) is 4.79 Å². The number of piperazine rings is 1. The number of methoxy groups -OCH3 is 1. The normalized spacial score (nSPS) is 19.7. The van der Waals surface area contributed by atoms with Gasteiger partial charge in [-0.1, -0.05) is 37.5 Å². The third-order valence-corrected chi connectivity index (χ3v) is 8.87. The number of hydrogen-bond donors (Lipinski definition) is 1. The third kappa shape index (κ3) is 4.93. The van der Waals surface area contributed by atoms with Crippen LogP contribution in [0.25, 0.3) is 0 Å². The number of amides is 1. The Kier molecular flexibility index (Phi) is 7.07. The Bertz CT molecular complexity index is 1070. The van der Waals surface area contributed by atoms with Crippen LogP contribution in [-0.2, 0) is 20.2 Å². The number of ether oxygens (including phenoxy) is 1. The standard InChI is InChI=1S/C25H33N3O4S/c1-27-15-17-28(18-16-27)33(30,31)23-8-6-7-21(19-23)26-24(29)25(13-4-3-5-14-25)20-9-11-22(32-2)12-10-20/h6-12,19H,3-5,13-18H2,1-2H3,(H,26,29). The van der Waals surface area contributed by atoms with E-state index in [4.69, 9.17) is 4.74 Å². The van der Waals surface area contributed by atoms with Crippen LogP contribution in [-0.4, -0.2) is 63.9 Å². The van der Waals surface area contributed by atoms with Gasteiger partial charge in [-0.05, 0) is 55.8 Å². The van der Waals surface area contributed by atoms with Crippen LogP contribution in [0.4, 0.5) is 5.69 Å². The van der Waals surface area contributed by atoms with Crippen LogP contribution in [0.15, 0.2) is 53.4 Å². The zero-order valence-corrected chi connectivity index (χ0v) is 20.2. The summed E-state index contributed by atoms with van der Waals surface area (Å²) in [4.78, 5) is 16.0. The van der Waals surface area contributed by atoms with E-state index in [1.807, 2.05) is 31.3 Å². The predicted molar refractivity (Wildman–Crippen MR) is 129 cm³/mol. The van der Waals surface area contributed by atoms with Crippen molar-refractivity contribution in [2.45, 2.75) is 42.4 Å². The lowest BCUT2D eigenvalue weighted by Crippen LogP contribution is -2.47. The molecule has 1 amide bonds. The number of carbonyl (C=O) groups excluding carboxylic acids is 1. The van der Waals surface area contributed by atoms with E-state index in [1.165, 1.54) is 4.31 Å². The highest BCUT2D eigenvalue weighted by atomic mass is 32.2. The molecule has 1 N–H and O–H groups in total. The summed E-state index contributed by atoms with van der Waals surface area (Å²) in [5, 5.41) is 3.04. The van der Waals surface area contributed by atoms with E-state index in [1.54, 1.807) is 31.4 Å². The molecule has 0 radical (unpaired) electrons. The van der Waals surface area contributed by atoms with E-state index < -0.39 is 15.4 Å². The first-order chi connectivity index (χ1) is 15.8. The van der Waals surface area contributed by atoms with E-state index in [0.29, 0.717) is 31.9 Å². The van der Waals surface area contributed by atoms with Gasteiger partial charge in [0.15, 0.2) is 0 Å². The lowest BCUT2D eigenvalue weighted by Gasteiger charge is -2.36. The summed E-state index contributed by atoms with van der Waals surface area (Å²) < 4.78 is 33.1. The van der Waals surface area contributed by atoms with Gasteiger partial charge < -0.3 is 15.0 Å². The summed E-state index contributed by atoms with van der Waals surface area (Å²) in [6, 6.07) is 14.4. The lowest BCUT2D eigenvalue weighted by atomic mass is 9.68. The summed E-state index contributed by atoms with van der Waals surface area (Å²) >= 11 is 0. The SMILES string of the molecule is COc1ccc(C2(C(=O)Nc3cccc(S(=O)(=O)N4CCN(C)CC4)c3)CCCCC2)cc1. The van der Waals surface area contributed by atoms with E-state index in [9.17, 15) is 13.2 Å². The van der Waals surface area contributed by atoms with Gasteiger partial charge in [0.1, 0.15) is 5.75 Å². The minimum absolute atomic E-state index is 0.0819. The van der Waals surface area contributed by atoms with Gasteiger partial charge in [0.2, 0.25) is 15.9 Å². The molecule has 2 aromatic carbocycles. The smallest absolute Gasteiger partial charge is 0.243 e. The van der Waals surface area contributed by atoms with Gasteiger partial charge in [-0.15, -0.1) is 0 Å². The largest absolute Gasteiger partial charge is 0.497 e. The number of anilines is 1. The van der Waals surface area contributed by atoms with Gasteiger partial charge in [0.05, 0.1) is 17.4 Å². The molecule has 1 saturated carbocycles. The third-order valence-electron chi connectivity index (χ3n) is 6.98. The van der Waals surface area contributed by atoms with Gasteiger partial charge in [-0.2, -0.15) is 4.31 Å². The lowest BCUT2D eigenvalue weighted by molar-refractivity contribution is -0.122. The Labute approximate surface area is 196 Å². The zero-order valence-electron chi connectivity index (χ0n) is 19.4. The molecule has 2 aromatic rings. The molecule has 1 aliphatic carbocycles. The summed E-state index contributed by atoms with van der Waals surface area (Å²) in [7, 11) is 0.0141. The maximum absolute atomic E-state index is 13.6. The Balaban J connectivity index is 1.58. The maximum Gasteiger partial charge on any atom is 0.243 e. The van der Waals surface area contributed by atoms with E-state index in [2.05, 4.69) is 10.2 Å². The molecule has 33 heavy (non-hydrogen) atoms. The van der Waals surface area contributed by atoms with Crippen molar-refractivity contribution >= 4 is 21.6 Å². The van der Waals surface area contributed by atoms with E-state index >= 15 is 0 Å². The number of carbonyl (C=O) groups is 1. The molecule has 7 nitrogen and oxygen atoms in total. The Morgan fingerprint density at radius 1 is 0.970 bits per heavy atom. The first-order valence-electron chi connectivity index (χ1n) is 11.6. The van der Waals surface area contributed by atoms with Crippen molar-refractivity contribution in [2.24, 2.45) is 0 Å². The van der Waals surface area contributed by atoms with Crippen LogP contribution in [0, 0.1) is 0 Å². The van der Waals surface area contributed by atoms with Crippen LogP contribution in [0.5, 0.6) is 5.75 Å². The van der Waals surface area contributed by atoms with Crippen molar-refractivity contribution in [2.75, 3.05) is 45.7 Å². The molecule has 4 rings (SSSR count). The fraction of sp³-hybridized carbons (Fsp3) is 0.480. The topological polar surface area (TPSA) is 78.9 Å². The number of nitrogens with one attached hydrogen (secondary N) is 1. The molecular formula is C25H33N3O4S. The molecular weight excluding hydrogens is 438 g/mol. The molecule has 0 unspecified atom stereocenters. The number of likely N-dealkylation sites (N-methyl/N-ethyl adjacent to an activating group) is 1. The number of benzene rings is 2. The molecule has 0 bridgehead atoms. The predicted octanol–water partition coefficient (Wildman–Crippen LogP) is 3.47. The van der Waals surface area contributed by atoms with Gasteiger partial charge in [-0.25, -0.2) is 8.42 Å². The van der Waals surface area contributed by atoms with Crippen LogP contribution < -0.4 is 10.1 Å². The first kappa shape index (κ1) is 23.7. The first-order valence-corrected chi connectivity index (χ1v) is 13.0. The minimum Gasteiger partial charge on any atom is -0.497 e. The zero-order chi connectivity index (χ0) is 23.5. The maximum atomic E-state index is 13.6. The van der Waals surface area contributed by atoms with Crippen LogP contribution in [0.1, 0.15) is 37.7 Å². The Morgan fingerprint density at radius 3 is 2.27 bits per heavy atom. The second-order valence-corrected chi connectivity index (χ2v) is 11.0. The van der Waals surface area contributed by atoms with Gasteiger partial charge in [0.25, 0.3) is 0 Å². The molecule has 0 atom stereocenters. The highest BCUT2D eigenvalue weighted by Gasteiger charge is 2.41. The molecule has 8 heteroatoms. The van der Waals surface area contributed by atoms with E-state index in [-0.39, 0.29) is 10.8 Å². The van der Waals surface area contributed by atoms with Crippen molar-refractivity contribution in [3.63, 3.8) is 0 Å². The van der Waals surface area contributed by atoms with Crippen LogP contribution in [0.3, 0.4) is 0 Å². The number of nitrogens with zero attached hydrogens (tertiary/aromatic N) is 2. The highest BCUT2D eigenvalue weighted by molar-refractivity contribution is 7.89. The molecule has 2 aliphatic rings. The molecule has 0 aromatic heterocycles. The molecule has 0 spiro atoms. The molecule has 1 aliphatic heterocycles. The summed E-state index contributed by atoms with van der Waals surface area (Å²) in [6.07, 6.45) is 4.62. The summed E-state index contributed by atoms with van der Waals surface area (Å²) in [6.45, 7) is 2.35. The van der Waals surface area contributed by atoms with Crippen LogP contribution >= 0.6 is 0 Å². The van der Waals surface area contributed by atoms with Crippen molar-refractivity contribution in [1.82, 2.24) is 9.21 Å². The molecule has 178 valence electrons. The van der Waals surface area contributed by atoms with Crippen molar-refractivity contribution in [3.05, 3.63) is 54.1 Å². The average Bonchev–Trinajstić information content (AvgIpc) is 2.85. The monoisotopic (exact) mass is 471 g/mol. The Morgan fingerprint density at radius 2 is 1.64 bits per heavy atom. The van der Waals surface area contributed by atoms with Crippen molar-refractivity contribution < 1.29 is 17.9 Å². The molecule has 1 heterocycles. The van der Waals surface area contributed by atoms with E-state index in [0.717, 1.165) is 43.4 Å². The van der Waals surface area contributed by atoms with Crippen molar-refractivity contribution in [1.29, 1.82) is 0 Å². The summed E-state index contributed by atoms with van der Waals surface area (Å²) in [5.41, 5.74) is 0.854. The minimum atomic E-state index is -3.60. The van der Waals surface area contributed by atoms with Crippen LogP contribution in [0.2, 0.25) is 0 Å². The highest BCUT2D eigenvalue weighted by Crippen LogP contribution is 2.41. The molecule has 2 fully saturated rings.